The molecular weight excluding hydrogens is 787 g/mol. The Labute approximate surface area is 374 Å². The van der Waals surface area contributed by atoms with Gasteiger partial charge in [0.25, 0.3) is 0 Å². The molecule has 1 saturated heterocycles. The summed E-state index contributed by atoms with van der Waals surface area (Å²) in [5.41, 5.74) is 2.96. The van der Waals surface area contributed by atoms with Gasteiger partial charge in [0.05, 0.1) is 25.5 Å². The highest BCUT2D eigenvalue weighted by molar-refractivity contribution is 5.76. The third-order valence-electron chi connectivity index (χ3n) is 12.6. The minimum absolute atomic E-state index is 0.234. The van der Waals surface area contributed by atoms with Gasteiger partial charge in [-0.1, -0.05) is 173 Å². The molecule has 8 atom stereocenters. The Morgan fingerprint density at radius 2 is 1.18 bits per heavy atom. The van der Waals surface area contributed by atoms with Crippen molar-refractivity contribution < 1.29 is 44.9 Å². The lowest BCUT2D eigenvalue weighted by Crippen LogP contribution is -2.60. The van der Waals surface area contributed by atoms with Crippen LogP contribution in [-0.4, -0.2) is 102 Å². The van der Waals surface area contributed by atoms with Gasteiger partial charge in [-0.05, 0) is 43.2 Å². The Balaban J connectivity index is 1.36. The van der Waals surface area contributed by atoms with Crippen molar-refractivity contribution in [1.29, 1.82) is 0 Å². The molecule has 1 aromatic carbocycles. The number of hydrogen-bond acceptors (Lipinski definition) is 10. The molecule has 0 saturated carbocycles. The molecule has 1 aliphatic heterocycles. The van der Waals surface area contributed by atoms with Gasteiger partial charge in [0, 0.05) is 24.7 Å². The van der Waals surface area contributed by atoms with E-state index in [0.717, 1.165) is 38.5 Å². The maximum atomic E-state index is 13.2. The Morgan fingerprint density at radius 3 is 1.68 bits per heavy atom. The predicted molar refractivity (Wildman–Crippen MR) is 245 cm³/mol. The van der Waals surface area contributed by atoms with Crippen LogP contribution < -0.4 is 5.32 Å². The molecule has 1 fully saturated rings. The average molecular weight is 874 g/mol. The van der Waals surface area contributed by atoms with Gasteiger partial charge in [0.1, 0.15) is 36.6 Å². The third-order valence-corrected chi connectivity index (χ3v) is 12.6. The van der Waals surface area contributed by atoms with Crippen molar-refractivity contribution in [2.24, 2.45) is 0 Å². The highest BCUT2D eigenvalue weighted by Crippen LogP contribution is 2.25. The van der Waals surface area contributed by atoms with Crippen molar-refractivity contribution in [3.05, 3.63) is 53.3 Å². The summed E-state index contributed by atoms with van der Waals surface area (Å²) >= 11 is 0. The molecule has 0 spiro atoms. The Morgan fingerprint density at radius 1 is 0.694 bits per heavy atom. The number of hydrogen-bond donors (Lipinski definition) is 7. The topological polar surface area (TPSA) is 187 Å². The van der Waals surface area contributed by atoms with E-state index in [1.165, 1.54) is 139 Å². The summed E-state index contributed by atoms with van der Waals surface area (Å²) < 4.78 is 12.9. The van der Waals surface area contributed by atoms with Gasteiger partial charge in [0.15, 0.2) is 6.29 Å². The lowest BCUT2D eigenvalue weighted by atomic mass is 9.99. The van der Waals surface area contributed by atoms with Gasteiger partial charge in [-0.15, -0.1) is 0 Å². The number of ether oxygens (including phenoxy) is 2. The van der Waals surface area contributed by atoms with E-state index in [-0.39, 0.29) is 12.3 Å². The van der Waals surface area contributed by atoms with Gasteiger partial charge in [0.2, 0.25) is 5.91 Å². The van der Waals surface area contributed by atoms with Crippen LogP contribution in [0.25, 0.3) is 0 Å². The van der Waals surface area contributed by atoms with Gasteiger partial charge in [-0.2, -0.15) is 5.10 Å². The van der Waals surface area contributed by atoms with Crippen LogP contribution in [0.15, 0.2) is 36.7 Å². The molecule has 3 rings (SSSR count). The van der Waals surface area contributed by atoms with Crippen LogP contribution in [0.4, 0.5) is 0 Å². The second kappa shape index (κ2) is 33.1. The zero-order valence-corrected chi connectivity index (χ0v) is 38.6. The number of aliphatic hydroxyl groups excluding tert-OH is 6. The molecular formula is C50H87N3O9. The molecule has 2 heterocycles. The molecule has 0 unspecified atom stereocenters. The quantitative estimate of drug-likeness (QED) is 0.0327. The lowest BCUT2D eigenvalue weighted by molar-refractivity contribution is -0.303. The Bertz CT molecular complexity index is 1390. The highest BCUT2D eigenvalue weighted by atomic mass is 16.7. The first-order valence-corrected chi connectivity index (χ1v) is 24.9. The van der Waals surface area contributed by atoms with E-state index < -0.39 is 62.2 Å². The van der Waals surface area contributed by atoms with Crippen molar-refractivity contribution in [2.45, 2.75) is 243 Å². The van der Waals surface area contributed by atoms with Crippen LogP contribution in [-0.2, 0) is 33.7 Å². The van der Waals surface area contributed by atoms with E-state index in [2.05, 4.69) is 48.5 Å². The number of carbonyl (C=O) groups excluding carboxylic acids is 1. The summed E-state index contributed by atoms with van der Waals surface area (Å²) in [4.78, 5) is 13.2. The van der Waals surface area contributed by atoms with E-state index in [9.17, 15) is 35.4 Å². The molecule has 1 aliphatic rings. The minimum Gasteiger partial charge on any atom is -0.394 e. The molecule has 1 amide bonds. The zero-order chi connectivity index (χ0) is 44.8. The first-order valence-electron chi connectivity index (χ1n) is 24.9. The van der Waals surface area contributed by atoms with Crippen molar-refractivity contribution in [3.8, 4) is 0 Å². The number of amides is 1. The third kappa shape index (κ3) is 21.5. The highest BCUT2D eigenvalue weighted by Gasteiger charge is 2.44. The first-order chi connectivity index (χ1) is 30.2. The molecule has 2 aromatic rings. The number of aliphatic hydroxyl groups is 6. The molecule has 62 heavy (non-hydrogen) atoms. The molecule has 7 N–H and O–H groups in total. The molecule has 12 nitrogen and oxygen atoms in total. The van der Waals surface area contributed by atoms with Crippen molar-refractivity contribution in [1.82, 2.24) is 15.1 Å². The normalized spacial score (nSPS) is 20.6. The van der Waals surface area contributed by atoms with Gasteiger partial charge in [-0.25, -0.2) is 0 Å². The van der Waals surface area contributed by atoms with Crippen molar-refractivity contribution in [3.63, 3.8) is 0 Å². The number of aromatic nitrogens is 2. The number of unbranched alkanes of at least 4 members (excludes halogenated alkanes) is 21. The standard InChI is InChI=1S/C50H87N3O9/c1-3-5-7-8-9-10-11-12-13-14-15-16-17-18-19-20-21-22-23-24-25-29-44(55)52-42(38-61-50-49(60)48(59)47(58)43(37-54)62-50)46(57)45(56)41-35-51-53(36-41)34-26-28-40-32-30-39(31-33-40)27-6-4-2/h30-33,35-36,42-43,45-50,54,56-60H,3-29,34,37-38H2,1-2H3,(H,52,55)/t42-,43+,45+,46-,47-,48-,49+,50-/m0/s1. The Kier molecular flexibility index (Phi) is 28.8. The van der Waals surface area contributed by atoms with E-state index in [4.69, 9.17) is 9.47 Å². The summed E-state index contributed by atoms with van der Waals surface area (Å²) in [7, 11) is 0. The molecule has 12 heteroatoms. The summed E-state index contributed by atoms with van der Waals surface area (Å²) in [5, 5.41) is 70.4. The summed E-state index contributed by atoms with van der Waals surface area (Å²) in [6.07, 6.45) is 25.0. The van der Waals surface area contributed by atoms with Crippen LogP contribution in [0.1, 0.15) is 197 Å². The number of carbonyl (C=O) groups is 1. The fourth-order valence-corrected chi connectivity index (χ4v) is 8.40. The van der Waals surface area contributed by atoms with Crippen molar-refractivity contribution >= 4 is 5.91 Å². The fourth-order valence-electron chi connectivity index (χ4n) is 8.40. The van der Waals surface area contributed by atoms with Gasteiger partial charge < -0.3 is 45.4 Å². The van der Waals surface area contributed by atoms with Crippen LogP contribution in [0.2, 0.25) is 0 Å². The van der Waals surface area contributed by atoms with E-state index in [0.29, 0.717) is 18.5 Å². The summed E-state index contributed by atoms with van der Waals surface area (Å²) in [6, 6.07) is 7.60. The van der Waals surface area contributed by atoms with Crippen LogP contribution >= 0.6 is 0 Å². The summed E-state index contributed by atoms with van der Waals surface area (Å²) in [5.74, 6) is -0.314. The maximum absolute atomic E-state index is 13.2. The molecule has 356 valence electrons. The Hall–Kier alpha value is -2.42. The lowest BCUT2D eigenvalue weighted by Gasteiger charge is -2.40. The fraction of sp³-hybridized carbons (Fsp3) is 0.800. The van der Waals surface area contributed by atoms with E-state index in [1.54, 1.807) is 10.9 Å². The SMILES string of the molecule is CCCCCCCCCCCCCCCCCCCCCCCC(=O)N[C@@H](CO[C@H]1O[C@H](CO)[C@H](O)[C@H](O)[C@H]1O)[C@H](O)[C@H](O)c1cnn(CCCc2ccc(CCCC)cc2)c1. The number of aryl methyl sites for hydroxylation is 3. The monoisotopic (exact) mass is 874 g/mol. The molecule has 0 radical (unpaired) electrons. The second-order valence-electron chi connectivity index (χ2n) is 18.0. The molecule has 0 bridgehead atoms. The zero-order valence-electron chi connectivity index (χ0n) is 38.6. The predicted octanol–water partition coefficient (Wildman–Crippen LogP) is 8.16. The van der Waals surface area contributed by atoms with Crippen LogP contribution in [0.3, 0.4) is 0 Å². The van der Waals surface area contributed by atoms with Crippen LogP contribution in [0, 0.1) is 0 Å². The average Bonchev–Trinajstić information content (AvgIpc) is 3.76. The van der Waals surface area contributed by atoms with Gasteiger partial charge >= 0.3 is 0 Å². The first kappa shape index (κ1) is 53.9. The van der Waals surface area contributed by atoms with E-state index >= 15 is 0 Å². The number of nitrogens with zero attached hydrogens (tertiary/aromatic N) is 2. The van der Waals surface area contributed by atoms with Crippen LogP contribution in [0.5, 0.6) is 0 Å². The molecule has 1 aromatic heterocycles. The minimum atomic E-state index is -1.65. The largest absolute Gasteiger partial charge is 0.394 e. The second-order valence-corrected chi connectivity index (χ2v) is 18.0. The van der Waals surface area contributed by atoms with Crippen molar-refractivity contribution in [2.75, 3.05) is 13.2 Å². The van der Waals surface area contributed by atoms with E-state index in [1.807, 2.05) is 0 Å². The van der Waals surface area contributed by atoms with Gasteiger partial charge in [-0.3, -0.25) is 9.48 Å². The smallest absolute Gasteiger partial charge is 0.220 e. The number of rotatable bonds is 37. The number of benzene rings is 1. The number of nitrogens with one attached hydrogen (secondary N) is 1. The maximum Gasteiger partial charge on any atom is 0.220 e. The summed E-state index contributed by atoms with van der Waals surface area (Å²) in [6.45, 7) is 4.06. The molecule has 0 aliphatic carbocycles.